The molecule has 1 atom stereocenters. The first kappa shape index (κ1) is 21.1. The Morgan fingerprint density at radius 1 is 1.14 bits per heavy atom. The molecule has 3 aromatic rings. The number of benzene rings is 1. The number of thiazole rings is 1. The Bertz CT molecular complexity index is 1110. The van der Waals surface area contributed by atoms with E-state index in [2.05, 4.69) is 28.7 Å². The van der Waals surface area contributed by atoms with Crippen LogP contribution in [0.15, 0.2) is 59.9 Å². The van der Waals surface area contributed by atoms with Crippen LogP contribution in [0.2, 0.25) is 0 Å². The second-order valence-electron chi connectivity index (χ2n) is 7.22. The molecular weight excluding hydrogens is 406 g/mol. The molecule has 0 aliphatic rings. The van der Waals surface area contributed by atoms with Crippen LogP contribution in [-0.4, -0.2) is 37.5 Å². The number of carbonyl (C=O) groups is 1. The highest BCUT2D eigenvalue weighted by Gasteiger charge is 2.24. The topological polar surface area (TPSA) is 80.2 Å². The van der Waals surface area contributed by atoms with Gasteiger partial charge in [0.05, 0.1) is 22.0 Å². The Kier molecular flexibility index (Phi) is 6.14. The summed E-state index contributed by atoms with van der Waals surface area (Å²) in [6, 6.07) is 10.1. The van der Waals surface area contributed by atoms with E-state index in [9.17, 15) is 13.2 Å². The molecule has 3 rings (SSSR count). The van der Waals surface area contributed by atoms with Crippen molar-refractivity contribution in [1.82, 2.24) is 9.97 Å². The van der Waals surface area contributed by atoms with Crippen molar-refractivity contribution in [3.8, 4) is 0 Å². The minimum Gasteiger partial charge on any atom is -0.344 e. The zero-order valence-electron chi connectivity index (χ0n) is 16.7. The smallest absolute Gasteiger partial charge is 0.204 e. The van der Waals surface area contributed by atoms with Crippen molar-refractivity contribution in [2.75, 3.05) is 18.2 Å². The molecule has 0 saturated heterocycles. The average molecular weight is 430 g/mol. The molecule has 0 aliphatic heterocycles. The van der Waals surface area contributed by atoms with E-state index in [1.54, 1.807) is 24.5 Å². The van der Waals surface area contributed by atoms with Gasteiger partial charge in [0.1, 0.15) is 0 Å². The van der Waals surface area contributed by atoms with Crippen molar-refractivity contribution < 1.29 is 13.2 Å². The monoisotopic (exact) mass is 429 g/mol. The van der Waals surface area contributed by atoms with Gasteiger partial charge < -0.3 is 4.90 Å². The van der Waals surface area contributed by atoms with E-state index in [1.165, 1.54) is 23.5 Å². The summed E-state index contributed by atoms with van der Waals surface area (Å²) < 4.78 is 23.6. The minimum atomic E-state index is -3.38. The lowest BCUT2D eigenvalue weighted by atomic mass is 9.96. The van der Waals surface area contributed by atoms with E-state index in [-0.39, 0.29) is 16.7 Å². The first-order valence-electron chi connectivity index (χ1n) is 9.12. The van der Waals surface area contributed by atoms with Gasteiger partial charge in [-0.2, -0.15) is 0 Å². The molecule has 6 nitrogen and oxygen atoms in total. The summed E-state index contributed by atoms with van der Waals surface area (Å²) in [5, 5.41) is 0.718. The largest absolute Gasteiger partial charge is 0.344 e. The predicted octanol–water partition coefficient (Wildman–Crippen LogP) is 4.01. The molecule has 29 heavy (non-hydrogen) atoms. The maximum absolute atomic E-state index is 12.9. The fourth-order valence-corrected chi connectivity index (χ4v) is 4.81. The first-order chi connectivity index (χ1) is 13.7. The Labute approximate surface area is 175 Å². The van der Waals surface area contributed by atoms with Crippen LogP contribution in [0.4, 0.5) is 5.13 Å². The van der Waals surface area contributed by atoms with Gasteiger partial charge in [-0.3, -0.25) is 9.78 Å². The molecule has 2 aromatic heterocycles. The fraction of sp³-hybridized carbons (Fsp3) is 0.286. The van der Waals surface area contributed by atoms with Crippen LogP contribution >= 0.6 is 11.3 Å². The highest BCUT2D eigenvalue weighted by atomic mass is 32.2. The normalized spacial score (nSPS) is 12.7. The number of ketones is 1. The van der Waals surface area contributed by atoms with Gasteiger partial charge in [-0.25, -0.2) is 13.4 Å². The summed E-state index contributed by atoms with van der Waals surface area (Å²) in [6.45, 7) is 4.26. The van der Waals surface area contributed by atoms with Gasteiger partial charge in [0.2, 0.25) is 5.78 Å². The van der Waals surface area contributed by atoms with Gasteiger partial charge in [0, 0.05) is 31.3 Å². The van der Waals surface area contributed by atoms with Crippen LogP contribution in [0, 0.1) is 5.92 Å². The van der Waals surface area contributed by atoms with Crippen LogP contribution in [0.1, 0.15) is 40.7 Å². The van der Waals surface area contributed by atoms with Gasteiger partial charge >= 0.3 is 0 Å². The van der Waals surface area contributed by atoms with Crippen molar-refractivity contribution in [3.05, 3.63) is 71.0 Å². The highest BCUT2D eigenvalue weighted by molar-refractivity contribution is 7.90. The van der Waals surface area contributed by atoms with Gasteiger partial charge in [-0.05, 0) is 29.7 Å². The van der Waals surface area contributed by atoms with Crippen LogP contribution in [0.3, 0.4) is 0 Å². The van der Waals surface area contributed by atoms with E-state index in [0.717, 1.165) is 17.0 Å². The van der Waals surface area contributed by atoms with E-state index in [4.69, 9.17) is 0 Å². The lowest BCUT2D eigenvalue weighted by Gasteiger charge is -2.31. The van der Waals surface area contributed by atoms with E-state index in [0.29, 0.717) is 16.4 Å². The maximum atomic E-state index is 12.9. The molecule has 8 heteroatoms. The van der Waals surface area contributed by atoms with Crippen LogP contribution in [0.5, 0.6) is 0 Å². The number of hydrogen-bond acceptors (Lipinski definition) is 7. The zero-order chi connectivity index (χ0) is 21.2. The summed E-state index contributed by atoms with van der Waals surface area (Å²) in [7, 11) is -1.43. The Balaban J connectivity index is 1.89. The second kappa shape index (κ2) is 8.42. The Morgan fingerprint density at radius 3 is 2.52 bits per heavy atom. The van der Waals surface area contributed by atoms with Crippen molar-refractivity contribution in [2.24, 2.45) is 5.92 Å². The van der Waals surface area contributed by atoms with E-state index >= 15 is 0 Å². The molecule has 152 valence electrons. The van der Waals surface area contributed by atoms with Crippen molar-refractivity contribution in [1.29, 1.82) is 0 Å². The standard InChI is InChI=1S/C21H23N3O3S2/c1-14(2)19(16-8-6-10-22-12-16)24(3)21-23-13-18(28-21)20(25)15-7-5-9-17(11-15)29(4,26)27/h5-14,19H,1-4H3. The van der Waals surface area contributed by atoms with E-state index in [1.807, 2.05) is 25.4 Å². The number of carbonyl (C=O) groups excluding carboxylic acids is 1. The van der Waals surface area contributed by atoms with Gasteiger partial charge in [-0.1, -0.05) is 43.4 Å². The average Bonchev–Trinajstić information content (AvgIpc) is 3.18. The lowest BCUT2D eigenvalue weighted by Crippen LogP contribution is -2.28. The molecule has 2 heterocycles. The van der Waals surface area contributed by atoms with Crippen LogP contribution < -0.4 is 4.90 Å². The Morgan fingerprint density at radius 2 is 1.90 bits per heavy atom. The number of rotatable bonds is 7. The van der Waals surface area contributed by atoms with E-state index < -0.39 is 9.84 Å². The molecule has 0 radical (unpaired) electrons. The second-order valence-corrected chi connectivity index (χ2v) is 10.2. The molecular formula is C21H23N3O3S2. The van der Waals surface area contributed by atoms with Gasteiger partial charge in [0.15, 0.2) is 15.0 Å². The molecule has 1 aromatic carbocycles. The maximum Gasteiger partial charge on any atom is 0.204 e. The quantitative estimate of drug-likeness (QED) is 0.528. The summed E-state index contributed by atoms with van der Waals surface area (Å²) in [5.41, 5.74) is 1.41. The Hall–Kier alpha value is -2.58. The molecule has 0 aliphatic carbocycles. The summed E-state index contributed by atoms with van der Waals surface area (Å²) in [6.07, 6.45) is 6.26. The molecule has 0 saturated carbocycles. The minimum absolute atomic E-state index is 0.0614. The number of nitrogens with zero attached hydrogens (tertiary/aromatic N) is 3. The summed E-state index contributed by atoms with van der Waals surface area (Å²) >= 11 is 1.29. The molecule has 0 N–H and O–H groups in total. The third-order valence-corrected chi connectivity index (χ3v) is 6.81. The fourth-order valence-electron chi connectivity index (χ4n) is 3.27. The molecule has 0 spiro atoms. The number of anilines is 1. The SMILES string of the molecule is CC(C)C(c1cccnc1)N(C)c1ncc(C(=O)c2cccc(S(C)(=O)=O)c2)s1. The zero-order valence-corrected chi connectivity index (χ0v) is 18.4. The van der Waals surface area contributed by atoms with Gasteiger partial charge in [-0.15, -0.1) is 0 Å². The number of hydrogen-bond donors (Lipinski definition) is 0. The first-order valence-corrected chi connectivity index (χ1v) is 11.8. The van der Waals surface area contributed by atoms with Crippen molar-refractivity contribution in [3.63, 3.8) is 0 Å². The number of sulfone groups is 1. The number of pyridine rings is 1. The third kappa shape index (κ3) is 4.71. The molecule has 1 unspecified atom stereocenters. The van der Waals surface area contributed by atoms with Crippen molar-refractivity contribution in [2.45, 2.75) is 24.8 Å². The van der Waals surface area contributed by atoms with Crippen molar-refractivity contribution >= 4 is 32.1 Å². The molecule has 0 bridgehead atoms. The van der Waals surface area contributed by atoms with Crippen LogP contribution in [-0.2, 0) is 9.84 Å². The van der Waals surface area contributed by atoms with Gasteiger partial charge in [0.25, 0.3) is 0 Å². The number of aromatic nitrogens is 2. The van der Waals surface area contributed by atoms with Crippen LogP contribution in [0.25, 0.3) is 0 Å². The molecule has 0 fully saturated rings. The summed E-state index contributed by atoms with van der Waals surface area (Å²) in [5.74, 6) is 0.0637. The third-order valence-electron chi connectivity index (χ3n) is 4.62. The highest BCUT2D eigenvalue weighted by Crippen LogP contribution is 2.34. The summed E-state index contributed by atoms with van der Waals surface area (Å²) in [4.78, 5) is 24.2. The lowest BCUT2D eigenvalue weighted by molar-refractivity contribution is 0.104. The molecule has 0 amide bonds. The predicted molar refractivity (Wildman–Crippen MR) is 115 cm³/mol.